The van der Waals surface area contributed by atoms with Crippen molar-refractivity contribution in [2.45, 2.75) is 32.9 Å². The molecule has 1 unspecified atom stereocenters. The van der Waals surface area contributed by atoms with E-state index in [0.717, 1.165) is 17.5 Å². The molecule has 0 saturated heterocycles. The number of imidazole rings is 1. The van der Waals surface area contributed by atoms with Gasteiger partial charge >= 0.3 is 5.97 Å². The molecule has 0 aliphatic carbocycles. The fourth-order valence-electron chi connectivity index (χ4n) is 2.69. The zero-order chi connectivity index (χ0) is 18.0. The van der Waals surface area contributed by atoms with Gasteiger partial charge in [-0.25, -0.2) is 14.5 Å². The fraction of sp³-hybridized carbons (Fsp3) is 0.294. The minimum Gasteiger partial charge on any atom is -0.480 e. The Labute approximate surface area is 144 Å². The molecule has 0 bridgehead atoms. The van der Waals surface area contributed by atoms with Crippen molar-refractivity contribution in [1.29, 1.82) is 0 Å². The maximum atomic E-state index is 12.6. The van der Waals surface area contributed by atoms with Crippen LogP contribution in [0.1, 0.15) is 36.8 Å². The Morgan fingerprint density at radius 1 is 1.28 bits per heavy atom. The van der Waals surface area contributed by atoms with Crippen LogP contribution in [0.3, 0.4) is 0 Å². The molecular formula is C17H19N5O3. The molecule has 3 aromatic rings. The number of hydrogen-bond donors (Lipinski definition) is 2. The molecule has 0 spiro atoms. The van der Waals surface area contributed by atoms with E-state index in [1.165, 1.54) is 23.9 Å². The lowest BCUT2D eigenvalue weighted by atomic mass is 10.3. The van der Waals surface area contributed by atoms with Gasteiger partial charge in [0.15, 0.2) is 0 Å². The number of rotatable bonds is 6. The number of benzene rings is 1. The summed E-state index contributed by atoms with van der Waals surface area (Å²) in [7, 11) is 0. The third kappa shape index (κ3) is 3.10. The van der Waals surface area contributed by atoms with Gasteiger partial charge in [-0.1, -0.05) is 19.1 Å². The van der Waals surface area contributed by atoms with Crippen LogP contribution >= 0.6 is 0 Å². The van der Waals surface area contributed by atoms with Crippen LogP contribution in [0.25, 0.3) is 11.0 Å². The number of carbonyl (C=O) groups is 2. The van der Waals surface area contributed by atoms with E-state index in [2.05, 4.69) is 15.4 Å². The highest BCUT2D eigenvalue weighted by atomic mass is 16.4. The zero-order valence-corrected chi connectivity index (χ0v) is 14.0. The number of amides is 1. The van der Waals surface area contributed by atoms with E-state index in [4.69, 9.17) is 5.11 Å². The van der Waals surface area contributed by atoms with Crippen molar-refractivity contribution >= 4 is 28.9 Å². The molecular weight excluding hydrogens is 322 g/mol. The Morgan fingerprint density at radius 2 is 2.04 bits per heavy atom. The van der Waals surface area contributed by atoms with Gasteiger partial charge in [0.05, 0.1) is 11.0 Å². The highest BCUT2D eigenvalue weighted by molar-refractivity contribution is 6.03. The van der Waals surface area contributed by atoms with Crippen LogP contribution in [-0.2, 0) is 11.3 Å². The molecule has 2 N–H and O–H groups in total. The van der Waals surface area contributed by atoms with Gasteiger partial charge in [-0.2, -0.15) is 5.10 Å². The first kappa shape index (κ1) is 16.7. The highest BCUT2D eigenvalue weighted by Crippen LogP contribution is 2.21. The fourth-order valence-corrected chi connectivity index (χ4v) is 2.69. The molecule has 1 atom stereocenters. The van der Waals surface area contributed by atoms with E-state index < -0.39 is 17.9 Å². The number of aryl methyl sites for hydroxylation is 1. The monoisotopic (exact) mass is 341 g/mol. The van der Waals surface area contributed by atoms with Gasteiger partial charge in [-0.15, -0.1) is 0 Å². The first-order valence-electron chi connectivity index (χ1n) is 8.06. The van der Waals surface area contributed by atoms with Gasteiger partial charge in [0.1, 0.15) is 11.7 Å². The van der Waals surface area contributed by atoms with E-state index in [1.807, 2.05) is 35.8 Å². The number of aromatic nitrogens is 4. The average molecular weight is 341 g/mol. The lowest BCUT2D eigenvalue weighted by Crippen LogP contribution is -2.25. The van der Waals surface area contributed by atoms with Gasteiger partial charge < -0.3 is 9.67 Å². The maximum absolute atomic E-state index is 12.6. The number of para-hydroxylation sites is 2. The van der Waals surface area contributed by atoms with Crippen LogP contribution in [-0.4, -0.2) is 36.3 Å². The normalized spacial score (nSPS) is 12.2. The molecule has 3 rings (SSSR count). The van der Waals surface area contributed by atoms with Crippen LogP contribution in [0.4, 0.5) is 5.95 Å². The maximum Gasteiger partial charge on any atom is 0.328 e. The molecule has 0 saturated carbocycles. The van der Waals surface area contributed by atoms with Gasteiger partial charge in [-0.3, -0.25) is 10.1 Å². The highest BCUT2D eigenvalue weighted by Gasteiger charge is 2.22. The topological polar surface area (TPSA) is 102 Å². The van der Waals surface area contributed by atoms with E-state index >= 15 is 0 Å². The number of nitrogens with zero attached hydrogens (tertiary/aromatic N) is 4. The number of nitrogens with one attached hydrogen (secondary N) is 1. The van der Waals surface area contributed by atoms with Crippen molar-refractivity contribution in [1.82, 2.24) is 19.3 Å². The summed E-state index contributed by atoms with van der Waals surface area (Å²) in [6.07, 6.45) is 2.29. The lowest BCUT2D eigenvalue weighted by Gasteiger charge is -2.12. The molecule has 2 heterocycles. The van der Waals surface area contributed by atoms with Crippen molar-refractivity contribution in [3.63, 3.8) is 0 Å². The quantitative estimate of drug-likeness (QED) is 0.717. The standard InChI is InChI=1S/C17H19N5O3/c1-3-10-21-13-7-5-4-6-12(13)19-17(21)20-15(23)14-8-9-18-22(14)11(2)16(24)25/h4-9,11H,3,10H2,1-2H3,(H,24,25)(H,19,20,23). The number of anilines is 1. The second kappa shape index (κ2) is 6.76. The minimum atomic E-state index is -1.06. The summed E-state index contributed by atoms with van der Waals surface area (Å²) in [6.45, 7) is 4.23. The first-order valence-corrected chi connectivity index (χ1v) is 8.06. The third-order valence-corrected chi connectivity index (χ3v) is 3.95. The molecule has 0 aliphatic rings. The smallest absolute Gasteiger partial charge is 0.328 e. The molecule has 1 aromatic carbocycles. The van der Waals surface area contributed by atoms with Crippen LogP contribution in [0.2, 0.25) is 0 Å². The molecule has 25 heavy (non-hydrogen) atoms. The van der Waals surface area contributed by atoms with Crippen molar-refractivity contribution in [3.8, 4) is 0 Å². The predicted molar refractivity (Wildman–Crippen MR) is 92.6 cm³/mol. The SMILES string of the molecule is CCCn1c(NC(=O)c2ccnn2C(C)C(=O)O)nc2ccccc21. The van der Waals surface area contributed by atoms with E-state index in [9.17, 15) is 9.59 Å². The summed E-state index contributed by atoms with van der Waals surface area (Å²) in [6, 6.07) is 8.19. The Bertz CT molecular complexity index is 927. The summed E-state index contributed by atoms with van der Waals surface area (Å²) in [5.74, 6) is -1.07. The van der Waals surface area contributed by atoms with Gasteiger partial charge in [0.25, 0.3) is 5.91 Å². The van der Waals surface area contributed by atoms with Gasteiger partial charge in [0, 0.05) is 12.7 Å². The van der Waals surface area contributed by atoms with E-state index in [0.29, 0.717) is 12.5 Å². The average Bonchev–Trinajstić information content (AvgIpc) is 3.20. The Kier molecular flexibility index (Phi) is 4.51. The summed E-state index contributed by atoms with van der Waals surface area (Å²) in [5, 5.41) is 15.9. The van der Waals surface area contributed by atoms with Crippen molar-refractivity contribution < 1.29 is 14.7 Å². The largest absolute Gasteiger partial charge is 0.480 e. The van der Waals surface area contributed by atoms with Crippen LogP contribution in [0.5, 0.6) is 0 Å². The summed E-state index contributed by atoms with van der Waals surface area (Å²) in [5.41, 5.74) is 1.90. The molecule has 0 radical (unpaired) electrons. The number of fused-ring (bicyclic) bond motifs is 1. The minimum absolute atomic E-state index is 0.171. The second-order valence-electron chi connectivity index (χ2n) is 5.71. The van der Waals surface area contributed by atoms with Crippen LogP contribution in [0.15, 0.2) is 36.5 Å². The third-order valence-electron chi connectivity index (χ3n) is 3.95. The number of carboxylic acids is 1. The number of carboxylic acid groups (broad SMARTS) is 1. The van der Waals surface area contributed by atoms with E-state index in [1.54, 1.807) is 0 Å². The van der Waals surface area contributed by atoms with Crippen molar-refractivity contribution in [3.05, 3.63) is 42.2 Å². The Balaban J connectivity index is 1.94. The Hall–Kier alpha value is -3.16. The van der Waals surface area contributed by atoms with Crippen molar-refractivity contribution in [2.75, 3.05) is 5.32 Å². The summed E-state index contributed by atoms with van der Waals surface area (Å²) < 4.78 is 3.12. The zero-order valence-electron chi connectivity index (χ0n) is 14.0. The second-order valence-corrected chi connectivity index (χ2v) is 5.71. The van der Waals surface area contributed by atoms with Gasteiger partial charge in [-0.05, 0) is 31.5 Å². The number of aliphatic carboxylic acids is 1. The van der Waals surface area contributed by atoms with Gasteiger partial charge in [0.2, 0.25) is 5.95 Å². The number of carbonyl (C=O) groups excluding carboxylic acids is 1. The molecule has 8 nitrogen and oxygen atoms in total. The molecule has 0 fully saturated rings. The number of hydrogen-bond acceptors (Lipinski definition) is 4. The lowest BCUT2D eigenvalue weighted by molar-refractivity contribution is -0.140. The molecule has 0 aliphatic heterocycles. The van der Waals surface area contributed by atoms with Crippen LogP contribution < -0.4 is 5.32 Å². The molecule has 2 aromatic heterocycles. The van der Waals surface area contributed by atoms with Crippen LogP contribution in [0, 0.1) is 0 Å². The summed E-state index contributed by atoms with van der Waals surface area (Å²) in [4.78, 5) is 28.3. The predicted octanol–water partition coefficient (Wildman–Crippen LogP) is 2.54. The summed E-state index contributed by atoms with van der Waals surface area (Å²) >= 11 is 0. The molecule has 1 amide bonds. The molecule has 8 heteroatoms. The van der Waals surface area contributed by atoms with Crippen molar-refractivity contribution in [2.24, 2.45) is 0 Å². The first-order chi connectivity index (χ1) is 12.0. The van der Waals surface area contributed by atoms with E-state index in [-0.39, 0.29) is 5.69 Å². The Morgan fingerprint density at radius 3 is 2.76 bits per heavy atom. The molecule has 130 valence electrons.